The van der Waals surface area contributed by atoms with Gasteiger partial charge in [-0.2, -0.15) is 0 Å². The summed E-state index contributed by atoms with van der Waals surface area (Å²) in [5.41, 5.74) is 2.82. The zero-order valence-electron chi connectivity index (χ0n) is 14.1. The Morgan fingerprint density at radius 3 is 2.38 bits per heavy atom. The van der Waals surface area contributed by atoms with Crippen LogP contribution in [0.15, 0.2) is 24.3 Å². The predicted molar refractivity (Wildman–Crippen MR) is 89.6 cm³/mol. The van der Waals surface area contributed by atoms with Crippen LogP contribution in [0, 0.1) is 5.92 Å². The lowest BCUT2D eigenvalue weighted by Gasteiger charge is -2.33. The van der Waals surface area contributed by atoms with Crippen molar-refractivity contribution in [3.05, 3.63) is 35.4 Å². The first-order chi connectivity index (χ1) is 10.1. The van der Waals surface area contributed by atoms with E-state index in [2.05, 4.69) is 50.4 Å². The molecule has 0 radical (unpaired) electrons. The fraction of sp³-hybridized carbons (Fsp3) is 0.684. The third kappa shape index (κ3) is 4.82. The molecule has 21 heavy (non-hydrogen) atoms. The second kappa shape index (κ2) is 7.95. The van der Waals surface area contributed by atoms with Gasteiger partial charge in [0.15, 0.2) is 0 Å². The fourth-order valence-corrected chi connectivity index (χ4v) is 3.40. The second-order valence-corrected chi connectivity index (χ2v) is 6.89. The van der Waals surface area contributed by atoms with Crippen LogP contribution in [-0.2, 0) is 11.2 Å². The van der Waals surface area contributed by atoms with Crippen molar-refractivity contribution in [2.24, 2.45) is 5.92 Å². The summed E-state index contributed by atoms with van der Waals surface area (Å²) in [6.07, 6.45) is 6.58. The van der Waals surface area contributed by atoms with Gasteiger partial charge in [-0.05, 0) is 43.2 Å². The summed E-state index contributed by atoms with van der Waals surface area (Å²) in [6, 6.07) is 10.00. The maximum atomic E-state index is 5.64. The lowest BCUT2D eigenvalue weighted by Crippen LogP contribution is -2.44. The lowest BCUT2D eigenvalue weighted by atomic mass is 9.91. The summed E-state index contributed by atoms with van der Waals surface area (Å²) in [5.74, 6) is 0.719. The van der Waals surface area contributed by atoms with Crippen LogP contribution in [0.2, 0.25) is 0 Å². The van der Waals surface area contributed by atoms with Crippen LogP contribution in [0.1, 0.15) is 63.6 Å². The van der Waals surface area contributed by atoms with Gasteiger partial charge in [0.25, 0.3) is 0 Å². The number of ether oxygens (including phenoxy) is 1. The third-order valence-electron chi connectivity index (χ3n) is 4.59. The standard InChI is InChI=1S/C19H31NO/c1-14(2)13-16-9-11-17(12-10-16)15(3)20-18-7-5-6-8-19(18)21-4/h9-12,14-15,18-20H,5-8,13H2,1-4H3. The SMILES string of the molecule is COC1CCCCC1NC(C)c1ccc(CC(C)C)cc1. The number of hydrogen-bond donors (Lipinski definition) is 1. The van der Waals surface area contributed by atoms with Crippen molar-refractivity contribution < 1.29 is 4.74 Å². The van der Waals surface area contributed by atoms with Crippen LogP contribution in [0.4, 0.5) is 0 Å². The third-order valence-corrected chi connectivity index (χ3v) is 4.59. The van der Waals surface area contributed by atoms with E-state index in [0.29, 0.717) is 18.2 Å². The summed E-state index contributed by atoms with van der Waals surface area (Å²) in [5, 5.41) is 3.77. The molecule has 0 aliphatic heterocycles. The van der Waals surface area contributed by atoms with Crippen molar-refractivity contribution in [2.45, 2.75) is 71.1 Å². The Morgan fingerprint density at radius 2 is 1.76 bits per heavy atom. The molecule has 3 unspecified atom stereocenters. The molecular weight excluding hydrogens is 258 g/mol. The molecule has 118 valence electrons. The largest absolute Gasteiger partial charge is 0.380 e. The van der Waals surface area contributed by atoms with Gasteiger partial charge in [-0.15, -0.1) is 0 Å². The first-order valence-electron chi connectivity index (χ1n) is 8.48. The van der Waals surface area contributed by atoms with E-state index in [-0.39, 0.29) is 0 Å². The van der Waals surface area contributed by atoms with Crippen LogP contribution >= 0.6 is 0 Å². The maximum Gasteiger partial charge on any atom is 0.0724 e. The Kier molecular flexibility index (Phi) is 6.25. The molecule has 2 heteroatoms. The molecule has 0 bridgehead atoms. The average Bonchev–Trinajstić information content (AvgIpc) is 2.48. The van der Waals surface area contributed by atoms with E-state index < -0.39 is 0 Å². The topological polar surface area (TPSA) is 21.3 Å². The van der Waals surface area contributed by atoms with Crippen molar-refractivity contribution in [1.82, 2.24) is 5.32 Å². The molecule has 1 aliphatic rings. The van der Waals surface area contributed by atoms with E-state index in [1.54, 1.807) is 0 Å². The Labute approximate surface area is 130 Å². The summed E-state index contributed by atoms with van der Waals surface area (Å²) in [7, 11) is 1.84. The lowest BCUT2D eigenvalue weighted by molar-refractivity contribution is 0.0384. The maximum absolute atomic E-state index is 5.64. The highest BCUT2D eigenvalue weighted by molar-refractivity contribution is 5.25. The highest BCUT2D eigenvalue weighted by Gasteiger charge is 2.26. The Hall–Kier alpha value is -0.860. The van der Waals surface area contributed by atoms with E-state index in [1.165, 1.54) is 36.8 Å². The number of benzene rings is 1. The van der Waals surface area contributed by atoms with Gasteiger partial charge in [-0.3, -0.25) is 0 Å². The molecule has 1 N–H and O–H groups in total. The molecule has 1 fully saturated rings. The normalized spacial score (nSPS) is 24.2. The Morgan fingerprint density at radius 1 is 1.10 bits per heavy atom. The van der Waals surface area contributed by atoms with Crippen LogP contribution in [0.5, 0.6) is 0 Å². The number of methoxy groups -OCH3 is 1. The molecule has 1 aromatic carbocycles. The van der Waals surface area contributed by atoms with Crippen molar-refractivity contribution in [3.8, 4) is 0 Å². The minimum atomic E-state index is 0.376. The highest BCUT2D eigenvalue weighted by atomic mass is 16.5. The molecule has 0 aromatic heterocycles. The van der Waals surface area contributed by atoms with Crippen molar-refractivity contribution >= 4 is 0 Å². The molecule has 2 rings (SSSR count). The zero-order valence-corrected chi connectivity index (χ0v) is 14.1. The van der Waals surface area contributed by atoms with E-state index in [9.17, 15) is 0 Å². The highest BCUT2D eigenvalue weighted by Crippen LogP contribution is 2.24. The van der Waals surface area contributed by atoms with E-state index in [4.69, 9.17) is 4.74 Å². The molecule has 2 nitrogen and oxygen atoms in total. The second-order valence-electron chi connectivity index (χ2n) is 6.89. The summed E-state index contributed by atoms with van der Waals surface area (Å²) in [6.45, 7) is 6.80. The zero-order chi connectivity index (χ0) is 15.2. The van der Waals surface area contributed by atoms with Crippen LogP contribution in [-0.4, -0.2) is 19.3 Å². The van der Waals surface area contributed by atoms with E-state index in [0.717, 1.165) is 12.3 Å². The van der Waals surface area contributed by atoms with Gasteiger partial charge in [0.1, 0.15) is 0 Å². The van der Waals surface area contributed by atoms with Crippen molar-refractivity contribution in [1.29, 1.82) is 0 Å². The quantitative estimate of drug-likeness (QED) is 0.833. The number of hydrogen-bond acceptors (Lipinski definition) is 2. The van der Waals surface area contributed by atoms with Gasteiger partial charge < -0.3 is 10.1 Å². The number of nitrogens with one attached hydrogen (secondary N) is 1. The van der Waals surface area contributed by atoms with Gasteiger partial charge in [-0.1, -0.05) is 51.0 Å². The molecule has 0 spiro atoms. The molecular formula is C19H31NO. The molecule has 0 amide bonds. The average molecular weight is 289 g/mol. The summed E-state index contributed by atoms with van der Waals surface area (Å²) in [4.78, 5) is 0. The van der Waals surface area contributed by atoms with Gasteiger partial charge in [0.2, 0.25) is 0 Å². The molecule has 0 saturated heterocycles. The Bertz CT molecular complexity index is 412. The molecule has 1 aromatic rings. The van der Waals surface area contributed by atoms with Crippen LogP contribution in [0.3, 0.4) is 0 Å². The first kappa shape index (κ1) is 16.5. The molecule has 3 atom stereocenters. The van der Waals surface area contributed by atoms with E-state index in [1.807, 2.05) is 7.11 Å². The smallest absolute Gasteiger partial charge is 0.0724 e. The predicted octanol–water partition coefficient (Wildman–Crippen LogP) is 4.49. The summed E-state index contributed by atoms with van der Waals surface area (Å²) < 4.78 is 5.64. The first-order valence-corrected chi connectivity index (χ1v) is 8.48. The molecule has 0 heterocycles. The van der Waals surface area contributed by atoms with Gasteiger partial charge >= 0.3 is 0 Å². The summed E-state index contributed by atoms with van der Waals surface area (Å²) >= 11 is 0. The van der Waals surface area contributed by atoms with Gasteiger partial charge in [0, 0.05) is 19.2 Å². The minimum absolute atomic E-state index is 0.376. The van der Waals surface area contributed by atoms with Gasteiger partial charge in [0.05, 0.1) is 6.10 Å². The van der Waals surface area contributed by atoms with Crippen LogP contribution in [0.25, 0.3) is 0 Å². The van der Waals surface area contributed by atoms with Gasteiger partial charge in [-0.25, -0.2) is 0 Å². The number of rotatable bonds is 6. The van der Waals surface area contributed by atoms with Crippen molar-refractivity contribution in [3.63, 3.8) is 0 Å². The Balaban J connectivity index is 1.94. The molecule has 1 saturated carbocycles. The monoisotopic (exact) mass is 289 g/mol. The van der Waals surface area contributed by atoms with Crippen LogP contribution < -0.4 is 5.32 Å². The van der Waals surface area contributed by atoms with E-state index >= 15 is 0 Å². The van der Waals surface area contributed by atoms with Crippen molar-refractivity contribution in [2.75, 3.05) is 7.11 Å². The fourth-order valence-electron chi connectivity index (χ4n) is 3.40. The molecule has 1 aliphatic carbocycles. The minimum Gasteiger partial charge on any atom is -0.380 e.